The van der Waals surface area contributed by atoms with Crippen LogP contribution in [0.4, 0.5) is 5.69 Å². The molecule has 2 rings (SSSR count). The minimum atomic E-state index is -0.0928. The Bertz CT molecular complexity index is 581. The van der Waals surface area contributed by atoms with Crippen LogP contribution in [0.15, 0.2) is 35.1 Å². The van der Waals surface area contributed by atoms with Gasteiger partial charge >= 0.3 is 0 Å². The van der Waals surface area contributed by atoms with E-state index < -0.39 is 0 Å². The summed E-state index contributed by atoms with van der Waals surface area (Å²) in [6.07, 6.45) is 1.81. The van der Waals surface area contributed by atoms with Crippen LogP contribution >= 0.6 is 0 Å². The van der Waals surface area contributed by atoms with Gasteiger partial charge < -0.3 is 5.73 Å². The van der Waals surface area contributed by atoms with Gasteiger partial charge in [-0.1, -0.05) is 43.7 Å². The number of anilines is 1. The molecule has 18 heavy (non-hydrogen) atoms. The maximum Gasteiger partial charge on any atom is 0.290 e. The average Bonchev–Trinajstić information content (AvgIpc) is 2.58. The second-order valence-electron chi connectivity index (χ2n) is 4.48. The third-order valence-corrected chi connectivity index (χ3v) is 3.19. The van der Waals surface area contributed by atoms with Gasteiger partial charge in [0.15, 0.2) is 0 Å². The van der Waals surface area contributed by atoms with E-state index in [0.29, 0.717) is 12.2 Å². The second-order valence-corrected chi connectivity index (χ2v) is 4.48. The Labute approximate surface area is 107 Å². The van der Waals surface area contributed by atoms with E-state index in [-0.39, 0.29) is 5.56 Å². The molecule has 0 saturated carbocycles. The Morgan fingerprint density at radius 1 is 1.22 bits per heavy atom. The normalized spacial score (nSPS) is 10.8. The van der Waals surface area contributed by atoms with Crippen LogP contribution in [0.3, 0.4) is 0 Å². The predicted molar refractivity (Wildman–Crippen MR) is 73.6 cm³/mol. The van der Waals surface area contributed by atoms with Crippen molar-refractivity contribution in [1.29, 1.82) is 0 Å². The van der Waals surface area contributed by atoms with E-state index in [4.69, 9.17) is 5.73 Å². The smallest absolute Gasteiger partial charge is 0.290 e. The highest BCUT2D eigenvalue weighted by Gasteiger charge is 2.14. The fourth-order valence-corrected chi connectivity index (χ4v) is 2.19. The molecule has 1 heterocycles. The first-order valence-electron chi connectivity index (χ1n) is 6.23. The molecule has 0 aliphatic heterocycles. The lowest BCUT2D eigenvalue weighted by atomic mass is 10.2. The summed E-state index contributed by atoms with van der Waals surface area (Å²) in [5, 5.41) is 0. The van der Waals surface area contributed by atoms with Gasteiger partial charge in [-0.2, -0.15) is 0 Å². The molecular formula is C14H19N3O. The maximum atomic E-state index is 12.1. The SMILES string of the molecule is CCCc1c(N)c(=O)n(Cc2ccccc2)n1C. The van der Waals surface area contributed by atoms with Crippen LogP contribution in [0.2, 0.25) is 0 Å². The zero-order chi connectivity index (χ0) is 13.1. The zero-order valence-corrected chi connectivity index (χ0v) is 10.9. The first kappa shape index (κ1) is 12.5. The summed E-state index contributed by atoms with van der Waals surface area (Å²) < 4.78 is 3.57. The van der Waals surface area contributed by atoms with E-state index in [0.717, 1.165) is 24.1 Å². The van der Waals surface area contributed by atoms with Crippen LogP contribution in [0.5, 0.6) is 0 Å². The number of aromatic nitrogens is 2. The monoisotopic (exact) mass is 245 g/mol. The Hall–Kier alpha value is -1.97. The number of nitrogens with zero attached hydrogens (tertiary/aromatic N) is 2. The van der Waals surface area contributed by atoms with E-state index in [1.807, 2.05) is 42.1 Å². The lowest BCUT2D eigenvalue weighted by Gasteiger charge is -2.09. The molecule has 2 N–H and O–H groups in total. The lowest BCUT2D eigenvalue weighted by molar-refractivity contribution is 0.516. The van der Waals surface area contributed by atoms with Crippen molar-refractivity contribution in [3.63, 3.8) is 0 Å². The van der Waals surface area contributed by atoms with Crippen molar-refractivity contribution in [3.8, 4) is 0 Å². The summed E-state index contributed by atoms with van der Waals surface area (Å²) in [6.45, 7) is 2.64. The molecule has 2 aromatic rings. The van der Waals surface area contributed by atoms with Crippen molar-refractivity contribution in [2.75, 3.05) is 5.73 Å². The van der Waals surface area contributed by atoms with Crippen molar-refractivity contribution in [2.45, 2.75) is 26.3 Å². The van der Waals surface area contributed by atoms with Crippen molar-refractivity contribution in [2.24, 2.45) is 7.05 Å². The summed E-state index contributed by atoms with van der Waals surface area (Å²) >= 11 is 0. The van der Waals surface area contributed by atoms with Crippen LogP contribution in [0, 0.1) is 0 Å². The number of rotatable bonds is 4. The van der Waals surface area contributed by atoms with Gasteiger partial charge in [-0.15, -0.1) is 0 Å². The minimum Gasteiger partial charge on any atom is -0.393 e. The highest BCUT2D eigenvalue weighted by molar-refractivity contribution is 5.41. The van der Waals surface area contributed by atoms with Crippen molar-refractivity contribution in [3.05, 3.63) is 51.9 Å². The van der Waals surface area contributed by atoms with Crippen LogP contribution in [0.1, 0.15) is 24.6 Å². The summed E-state index contributed by atoms with van der Waals surface area (Å²) in [4.78, 5) is 12.1. The summed E-state index contributed by atoms with van der Waals surface area (Å²) in [5.41, 5.74) is 8.21. The van der Waals surface area contributed by atoms with Crippen molar-refractivity contribution in [1.82, 2.24) is 9.36 Å². The molecule has 0 aliphatic rings. The Balaban J connectivity index is 2.40. The maximum absolute atomic E-state index is 12.1. The minimum absolute atomic E-state index is 0.0928. The summed E-state index contributed by atoms with van der Waals surface area (Å²) in [7, 11) is 1.89. The van der Waals surface area contributed by atoms with E-state index >= 15 is 0 Å². The van der Waals surface area contributed by atoms with Gasteiger partial charge in [-0.3, -0.25) is 9.48 Å². The van der Waals surface area contributed by atoms with Gasteiger partial charge in [0.2, 0.25) is 0 Å². The number of benzene rings is 1. The molecule has 0 radical (unpaired) electrons. The van der Waals surface area contributed by atoms with Crippen LogP contribution in [0.25, 0.3) is 0 Å². The molecule has 4 heteroatoms. The number of nitrogens with two attached hydrogens (primary N) is 1. The average molecular weight is 245 g/mol. The molecule has 0 amide bonds. The molecule has 0 atom stereocenters. The molecule has 4 nitrogen and oxygen atoms in total. The molecule has 0 saturated heterocycles. The summed E-state index contributed by atoms with van der Waals surface area (Å²) in [6, 6.07) is 9.93. The second kappa shape index (κ2) is 5.12. The molecule has 0 spiro atoms. The number of hydrogen-bond acceptors (Lipinski definition) is 2. The zero-order valence-electron chi connectivity index (χ0n) is 10.9. The Morgan fingerprint density at radius 3 is 2.50 bits per heavy atom. The largest absolute Gasteiger partial charge is 0.393 e. The molecule has 0 aliphatic carbocycles. The van der Waals surface area contributed by atoms with E-state index in [9.17, 15) is 4.79 Å². The topological polar surface area (TPSA) is 53.0 Å². The van der Waals surface area contributed by atoms with Gasteiger partial charge in [0, 0.05) is 7.05 Å². The van der Waals surface area contributed by atoms with Crippen LogP contribution in [-0.4, -0.2) is 9.36 Å². The highest BCUT2D eigenvalue weighted by Crippen LogP contribution is 2.11. The Morgan fingerprint density at radius 2 is 1.89 bits per heavy atom. The predicted octanol–water partition coefficient (Wildman–Crippen LogP) is 1.77. The number of nitrogen functional groups attached to an aromatic ring is 1. The van der Waals surface area contributed by atoms with Gasteiger partial charge in [0.25, 0.3) is 5.56 Å². The first-order chi connectivity index (χ1) is 8.65. The molecular weight excluding hydrogens is 226 g/mol. The van der Waals surface area contributed by atoms with Crippen molar-refractivity contribution < 1.29 is 0 Å². The van der Waals surface area contributed by atoms with E-state index in [2.05, 4.69) is 6.92 Å². The van der Waals surface area contributed by atoms with Crippen LogP contribution in [-0.2, 0) is 20.0 Å². The van der Waals surface area contributed by atoms with Gasteiger partial charge in [-0.05, 0) is 12.0 Å². The molecule has 0 unspecified atom stereocenters. The third kappa shape index (κ3) is 2.18. The lowest BCUT2D eigenvalue weighted by Crippen LogP contribution is -2.23. The van der Waals surface area contributed by atoms with Crippen LogP contribution < -0.4 is 11.3 Å². The summed E-state index contributed by atoms with van der Waals surface area (Å²) in [5.74, 6) is 0. The quantitative estimate of drug-likeness (QED) is 0.892. The Kier molecular flexibility index (Phi) is 3.55. The van der Waals surface area contributed by atoms with Gasteiger partial charge in [0.1, 0.15) is 5.69 Å². The standard InChI is InChI=1S/C14H19N3O/c1-3-7-12-13(15)14(18)17(16(12)2)10-11-8-5-4-6-9-11/h4-6,8-9H,3,7,10,15H2,1-2H3. The molecule has 1 aromatic carbocycles. The van der Waals surface area contributed by atoms with Crippen molar-refractivity contribution >= 4 is 5.69 Å². The number of hydrogen-bond donors (Lipinski definition) is 1. The fourth-order valence-electron chi connectivity index (χ4n) is 2.19. The third-order valence-electron chi connectivity index (χ3n) is 3.19. The van der Waals surface area contributed by atoms with Gasteiger partial charge in [-0.25, -0.2) is 4.68 Å². The fraction of sp³-hybridized carbons (Fsp3) is 0.357. The van der Waals surface area contributed by atoms with E-state index in [1.54, 1.807) is 4.68 Å². The molecule has 1 aromatic heterocycles. The molecule has 96 valence electrons. The van der Waals surface area contributed by atoms with Gasteiger partial charge in [0.05, 0.1) is 12.2 Å². The molecule has 0 bridgehead atoms. The molecule has 0 fully saturated rings. The highest BCUT2D eigenvalue weighted by atomic mass is 16.1. The van der Waals surface area contributed by atoms with E-state index in [1.165, 1.54) is 0 Å². The first-order valence-corrected chi connectivity index (χ1v) is 6.23.